The molecule has 1 atom stereocenters. The van der Waals surface area contributed by atoms with Crippen molar-refractivity contribution < 1.29 is 0 Å². The van der Waals surface area contributed by atoms with Gasteiger partial charge in [0.15, 0.2) is 0 Å². The zero-order valence-corrected chi connectivity index (χ0v) is 11.3. The summed E-state index contributed by atoms with van der Waals surface area (Å²) in [7, 11) is 0. The molecule has 1 unspecified atom stereocenters. The summed E-state index contributed by atoms with van der Waals surface area (Å²) in [6.45, 7) is 13.4. The van der Waals surface area contributed by atoms with Gasteiger partial charge in [-0.1, -0.05) is 20.8 Å². The van der Waals surface area contributed by atoms with Gasteiger partial charge in [0, 0.05) is 24.0 Å². The van der Waals surface area contributed by atoms with Gasteiger partial charge in [-0.25, -0.2) is 0 Å². The quantitative estimate of drug-likeness (QED) is 0.824. The molecule has 2 heteroatoms. The Balaban J connectivity index is 2.98. The third kappa shape index (κ3) is 3.93. The van der Waals surface area contributed by atoms with Gasteiger partial charge in [0.05, 0.1) is 0 Å². The molecule has 1 N–H and O–H groups in total. The fraction of sp³-hybridized carbons (Fsp3) is 0.643. The molecule has 1 aromatic heterocycles. The second-order valence-electron chi connectivity index (χ2n) is 6.47. The van der Waals surface area contributed by atoms with Crippen LogP contribution in [0.15, 0.2) is 24.5 Å². The van der Waals surface area contributed by atoms with Crippen molar-refractivity contribution in [3.05, 3.63) is 30.1 Å². The zero-order chi connectivity index (χ0) is 12.4. The maximum Gasteiger partial charge on any atom is 0.0374 e. The lowest BCUT2D eigenvalue weighted by Gasteiger charge is -2.37. The van der Waals surface area contributed by atoms with E-state index in [1.165, 1.54) is 5.56 Å². The molecule has 1 rings (SSSR count). The average molecular weight is 220 g/mol. The first-order valence-corrected chi connectivity index (χ1v) is 5.88. The van der Waals surface area contributed by atoms with E-state index in [9.17, 15) is 0 Å². The van der Waals surface area contributed by atoms with Crippen LogP contribution < -0.4 is 5.32 Å². The summed E-state index contributed by atoms with van der Waals surface area (Å²) in [5.74, 6) is 0. The molecule has 0 aliphatic rings. The van der Waals surface area contributed by atoms with Gasteiger partial charge in [-0.15, -0.1) is 0 Å². The molecule has 0 aliphatic heterocycles. The van der Waals surface area contributed by atoms with Crippen LogP contribution in [0.25, 0.3) is 0 Å². The minimum Gasteiger partial charge on any atom is -0.305 e. The monoisotopic (exact) mass is 220 g/mol. The Labute approximate surface area is 99.5 Å². The van der Waals surface area contributed by atoms with E-state index in [0.717, 1.165) is 0 Å². The molecule has 16 heavy (non-hydrogen) atoms. The topological polar surface area (TPSA) is 24.9 Å². The minimum atomic E-state index is 0.112. The third-order valence-electron chi connectivity index (χ3n) is 2.48. The summed E-state index contributed by atoms with van der Waals surface area (Å²) < 4.78 is 0. The molecule has 1 heterocycles. The van der Waals surface area contributed by atoms with Crippen LogP contribution in [0, 0.1) is 5.41 Å². The smallest absolute Gasteiger partial charge is 0.0374 e. The average Bonchev–Trinajstić information content (AvgIpc) is 2.13. The number of hydrogen-bond acceptors (Lipinski definition) is 2. The molecule has 0 fully saturated rings. The molecule has 0 saturated carbocycles. The van der Waals surface area contributed by atoms with Gasteiger partial charge in [-0.2, -0.15) is 0 Å². The highest BCUT2D eigenvalue weighted by Gasteiger charge is 2.29. The number of pyridine rings is 1. The highest BCUT2D eigenvalue weighted by molar-refractivity contribution is 5.18. The first-order valence-electron chi connectivity index (χ1n) is 5.88. The van der Waals surface area contributed by atoms with Gasteiger partial charge >= 0.3 is 0 Å². The lowest BCUT2D eigenvalue weighted by atomic mass is 9.81. The Kier molecular flexibility index (Phi) is 3.74. The van der Waals surface area contributed by atoms with E-state index in [1.54, 1.807) is 0 Å². The minimum absolute atomic E-state index is 0.112. The van der Waals surface area contributed by atoms with Crippen molar-refractivity contribution in [1.82, 2.24) is 10.3 Å². The molecular formula is C14H24N2. The number of nitrogens with zero attached hydrogens (tertiary/aromatic N) is 1. The largest absolute Gasteiger partial charge is 0.305 e. The van der Waals surface area contributed by atoms with Gasteiger partial charge in [0.1, 0.15) is 0 Å². The molecule has 0 aromatic carbocycles. The molecule has 0 amide bonds. The van der Waals surface area contributed by atoms with Gasteiger partial charge < -0.3 is 5.32 Å². The Morgan fingerprint density at radius 3 is 1.88 bits per heavy atom. The molecule has 0 radical (unpaired) electrons. The Hall–Kier alpha value is -0.890. The Bertz CT molecular complexity index is 317. The summed E-state index contributed by atoms with van der Waals surface area (Å²) in [5, 5.41) is 3.68. The zero-order valence-electron chi connectivity index (χ0n) is 11.3. The van der Waals surface area contributed by atoms with Crippen LogP contribution >= 0.6 is 0 Å². The van der Waals surface area contributed by atoms with Crippen LogP contribution in [0.2, 0.25) is 0 Å². The standard InChI is InChI=1S/C14H24N2/c1-13(2,3)12(16-14(4,5)6)11-7-9-15-10-8-11/h7-10,12,16H,1-6H3. The fourth-order valence-corrected chi connectivity index (χ4v) is 1.79. The maximum atomic E-state index is 4.08. The first kappa shape index (κ1) is 13.2. The van der Waals surface area contributed by atoms with Crippen molar-refractivity contribution in [1.29, 1.82) is 0 Å². The fourth-order valence-electron chi connectivity index (χ4n) is 1.79. The van der Waals surface area contributed by atoms with Gasteiger partial charge in [0.2, 0.25) is 0 Å². The lowest BCUT2D eigenvalue weighted by molar-refractivity contribution is 0.221. The summed E-state index contributed by atoms with van der Waals surface area (Å²) in [5.41, 5.74) is 1.60. The van der Waals surface area contributed by atoms with Crippen LogP contribution in [0.4, 0.5) is 0 Å². The molecule has 0 spiro atoms. The van der Waals surface area contributed by atoms with Gasteiger partial charge in [-0.3, -0.25) is 4.98 Å². The molecule has 0 saturated heterocycles. The molecular weight excluding hydrogens is 196 g/mol. The van der Waals surface area contributed by atoms with E-state index in [4.69, 9.17) is 0 Å². The van der Waals surface area contributed by atoms with E-state index >= 15 is 0 Å². The summed E-state index contributed by atoms with van der Waals surface area (Å²) in [6, 6.07) is 4.53. The SMILES string of the molecule is CC(C)(C)NC(c1ccncc1)C(C)(C)C. The van der Waals surface area contributed by atoms with E-state index in [1.807, 2.05) is 12.4 Å². The van der Waals surface area contributed by atoms with E-state index in [-0.39, 0.29) is 11.0 Å². The molecule has 0 bridgehead atoms. The van der Waals surface area contributed by atoms with Crippen LogP contribution in [0.5, 0.6) is 0 Å². The molecule has 90 valence electrons. The highest BCUT2D eigenvalue weighted by atomic mass is 15.0. The van der Waals surface area contributed by atoms with Crippen LogP contribution in [-0.2, 0) is 0 Å². The third-order valence-corrected chi connectivity index (χ3v) is 2.48. The van der Waals surface area contributed by atoms with Crippen molar-refractivity contribution >= 4 is 0 Å². The van der Waals surface area contributed by atoms with Crippen molar-refractivity contribution in [3.8, 4) is 0 Å². The Morgan fingerprint density at radius 1 is 1.00 bits per heavy atom. The van der Waals surface area contributed by atoms with Gasteiger partial charge in [0.25, 0.3) is 0 Å². The van der Waals surface area contributed by atoms with E-state index < -0.39 is 0 Å². The number of nitrogens with one attached hydrogen (secondary N) is 1. The summed E-state index contributed by atoms with van der Waals surface area (Å²) >= 11 is 0. The normalized spacial score (nSPS) is 14.9. The van der Waals surface area contributed by atoms with E-state index in [2.05, 4.69) is 64.0 Å². The van der Waals surface area contributed by atoms with Crippen LogP contribution in [-0.4, -0.2) is 10.5 Å². The predicted octanol–water partition coefficient (Wildman–Crippen LogP) is 3.56. The number of aromatic nitrogens is 1. The number of rotatable bonds is 2. The second kappa shape index (κ2) is 4.54. The van der Waals surface area contributed by atoms with Crippen molar-refractivity contribution in [2.45, 2.75) is 53.1 Å². The predicted molar refractivity (Wildman–Crippen MR) is 69.3 cm³/mol. The van der Waals surface area contributed by atoms with Crippen molar-refractivity contribution in [3.63, 3.8) is 0 Å². The van der Waals surface area contributed by atoms with E-state index in [0.29, 0.717) is 6.04 Å². The maximum absolute atomic E-state index is 4.08. The summed E-state index contributed by atoms with van der Waals surface area (Å²) in [4.78, 5) is 4.08. The second-order valence-corrected chi connectivity index (χ2v) is 6.47. The van der Waals surface area contributed by atoms with Crippen molar-refractivity contribution in [2.75, 3.05) is 0 Å². The summed E-state index contributed by atoms with van der Waals surface area (Å²) in [6.07, 6.45) is 3.72. The lowest BCUT2D eigenvalue weighted by Crippen LogP contribution is -2.43. The highest BCUT2D eigenvalue weighted by Crippen LogP contribution is 2.33. The molecule has 0 aliphatic carbocycles. The first-order chi connectivity index (χ1) is 7.20. The van der Waals surface area contributed by atoms with Crippen LogP contribution in [0.1, 0.15) is 53.1 Å². The molecule has 2 nitrogen and oxygen atoms in total. The Morgan fingerprint density at radius 2 is 1.50 bits per heavy atom. The van der Waals surface area contributed by atoms with Crippen molar-refractivity contribution in [2.24, 2.45) is 5.41 Å². The molecule has 1 aromatic rings. The number of hydrogen-bond donors (Lipinski definition) is 1. The van der Waals surface area contributed by atoms with Gasteiger partial charge in [-0.05, 0) is 43.9 Å². The van der Waals surface area contributed by atoms with Crippen LogP contribution in [0.3, 0.4) is 0 Å².